The molecule has 0 aliphatic carbocycles. The van der Waals surface area contributed by atoms with E-state index in [-0.39, 0.29) is 11.6 Å². The maximum Gasteiger partial charge on any atom is 0.274 e. The van der Waals surface area contributed by atoms with E-state index in [1.165, 1.54) is 11.9 Å². The van der Waals surface area contributed by atoms with E-state index in [0.717, 1.165) is 13.0 Å². The molecular weight excluding hydrogens is 340 g/mol. The number of hydrogen-bond donors (Lipinski definition) is 1. The minimum Gasteiger partial charge on any atom is -0.359 e. The maximum atomic E-state index is 12.5. The van der Waals surface area contributed by atoms with E-state index in [9.17, 15) is 4.79 Å². The van der Waals surface area contributed by atoms with Crippen molar-refractivity contribution < 1.29 is 4.79 Å². The van der Waals surface area contributed by atoms with Gasteiger partial charge in [0.15, 0.2) is 0 Å². The zero-order valence-electron chi connectivity index (χ0n) is 14.8. The summed E-state index contributed by atoms with van der Waals surface area (Å²) in [5.41, 5.74) is 2.27. The van der Waals surface area contributed by atoms with Gasteiger partial charge in [0.05, 0.1) is 11.3 Å². The van der Waals surface area contributed by atoms with Gasteiger partial charge >= 0.3 is 0 Å². The lowest BCUT2D eigenvalue weighted by molar-refractivity contribution is 0.102. The van der Waals surface area contributed by atoms with Crippen LogP contribution in [0.1, 0.15) is 21.6 Å². The van der Waals surface area contributed by atoms with E-state index in [2.05, 4.69) is 26.3 Å². The van der Waals surface area contributed by atoms with Crippen molar-refractivity contribution >= 4 is 17.4 Å². The Labute approximate surface area is 157 Å². The van der Waals surface area contributed by atoms with Crippen LogP contribution in [-0.2, 0) is 6.42 Å². The van der Waals surface area contributed by atoms with Gasteiger partial charge in [-0.05, 0) is 36.2 Å². The molecule has 7 heteroatoms. The molecule has 3 rings (SSSR count). The maximum absolute atomic E-state index is 12.5. The molecule has 0 saturated carbocycles. The van der Waals surface area contributed by atoms with Crippen molar-refractivity contribution in [2.24, 2.45) is 0 Å². The lowest BCUT2D eigenvalue weighted by Crippen LogP contribution is -2.23. The smallest absolute Gasteiger partial charge is 0.274 e. The predicted molar refractivity (Wildman–Crippen MR) is 102 cm³/mol. The van der Waals surface area contributed by atoms with E-state index in [1.54, 1.807) is 42.7 Å². The van der Waals surface area contributed by atoms with Crippen molar-refractivity contribution in [3.63, 3.8) is 0 Å². The van der Waals surface area contributed by atoms with Crippen LogP contribution in [0.15, 0.2) is 61.2 Å². The second-order valence-electron chi connectivity index (χ2n) is 5.90. The van der Waals surface area contributed by atoms with Gasteiger partial charge in [-0.15, -0.1) is 0 Å². The van der Waals surface area contributed by atoms with Gasteiger partial charge in [-0.1, -0.05) is 12.1 Å². The number of nitrogens with zero attached hydrogens (tertiary/aromatic N) is 5. The molecule has 1 aromatic carbocycles. The van der Waals surface area contributed by atoms with E-state index >= 15 is 0 Å². The highest BCUT2D eigenvalue weighted by Gasteiger charge is 2.13. The number of rotatable bonds is 6. The summed E-state index contributed by atoms with van der Waals surface area (Å²) in [6.07, 6.45) is 5.73. The van der Waals surface area contributed by atoms with Gasteiger partial charge in [-0.25, -0.2) is 9.97 Å². The Bertz CT molecular complexity index is 967. The van der Waals surface area contributed by atoms with Crippen LogP contribution in [0.2, 0.25) is 0 Å². The van der Waals surface area contributed by atoms with Crippen molar-refractivity contribution in [3.05, 3.63) is 78.0 Å². The number of aromatic nitrogens is 3. The average Bonchev–Trinajstić information content (AvgIpc) is 2.73. The van der Waals surface area contributed by atoms with Crippen molar-refractivity contribution in [1.82, 2.24) is 15.0 Å². The number of hydrogen-bond acceptors (Lipinski definition) is 6. The summed E-state index contributed by atoms with van der Waals surface area (Å²) in [6, 6.07) is 14.5. The SMILES string of the molecule is CN(CCc1ccncc1)c1cc(C(=O)Nc2ccccc2C#N)ncn1. The molecule has 0 fully saturated rings. The average molecular weight is 358 g/mol. The number of pyridine rings is 1. The summed E-state index contributed by atoms with van der Waals surface area (Å²) in [4.78, 5) is 26.8. The molecule has 0 radical (unpaired) electrons. The van der Waals surface area contributed by atoms with E-state index in [0.29, 0.717) is 17.1 Å². The lowest BCUT2D eigenvalue weighted by atomic mass is 10.2. The third-order valence-corrected chi connectivity index (χ3v) is 4.06. The predicted octanol–water partition coefficient (Wildman–Crippen LogP) is 2.67. The van der Waals surface area contributed by atoms with Crippen LogP contribution in [0.25, 0.3) is 0 Å². The van der Waals surface area contributed by atoms with Crippen LogP contribution in [0.4, 0.5) is 11.5 Å². The molecule has 7 nitrogen and oxygen atoms in total. The molecule has 0 aliphatic heterocycles. The fourth-order valence-electron chi connectivity index (χ4n) is 2.52. The van der Waals surface area contributed by atoms with E-state index in [4.69, 9.17) is 5.26 Å². The van der Waals surface area contributed by atoms with Crippen molar-refractivity contribution in [3.8, 4) is 6.07 Å². The summed E-state index contributed by atoms with van der Waals surface area (Å²) in [5.74, 6) is 0.265. The number of anilines is 2. The summed E-state index contributed by atoms with van der Waals surface area (Å²) < 4.78 is 0. The Hall–Kier alpha value is -3.79. The van der Waals surface area contributed by atoms with Crippen LogP contribution in [-0.4, -0.2) is 34.5 Å². The first-order valence-corrected chi connectivity index (χ1v) is 8.40. The summed E-state index contributed by atoms with van der Waals surface area (Å²) in [5, 5.41) is 11.9. The number of carbonyl (C=O) groups excluding carboxylic acids is 1. The highest BCUT2D eigenvalue weighted by molar-refractivity contribution is 6.03. The molecular formula is C20H18N6O. The zero-order chi connectivity index (χ0) is 19.1. The topological polar surface area (TPSA) is 94.8 Å². The van der Waals surface area contributed by atoms with E-state index < -0.39 is 0 Å². The van der Waals surface area contributed by atoms with Gasteiger partial charge in [0.25, 0.3) is 5.91 Å². The fourth-order valence-corrected chi connectivity index (χ4v) is 2.52. The molecule has 0 spiro atoms. The number of likely N-dealkylation sites (N-methyl/N-ethyl adjacent to an activating group) is 1. The molecule has 0 aliphatic rings. The molecule has 0 bridgehead atoms. The number of nitrogens with one attached hydrogen (secondary N) is 1. The summed E-state index contributed by atoms with van der Waals surface area (Å²) in [6.45, 7) is 0.735. The van der Waals surface area contributed by atoms with Crippen LogP contribution in [0.5, 0.6) is 0 Å². The first-order chi connectivity index (χ1) is 13.2. The standard InChI is InChI=1S/C20H18N6O/c1-26(11-8-15-6-9-22-10-7-15)19-12-18(23-14-24-19)20(27)25-17-5-3-2-4-16(17)13-21/h2-7,9-10,12,14H,8,11H2,1H3,(H,25,27). The van der Waals surface area contributed by atoms with E-state index in [1.807, 2.05) is 24.1 Å². The fraction of sp³-hybridized carbons (Fsp3) is 0.150. The molecule has 3 aromatic rings. The third kappa shape index (κ3) is 4.64. The second-order valence-corrected chi connectivity index (χ2v) is 5.90. The Morgan fingerprint density at radius 2 is 1.96 bits per heavy atom. The normalized spacial score (nSPS) is 10.1. The first-order valence-electron chi connectivity index (χ1n) is 8.40. The Morgan fingerprint density at radius 1 is 1.19 bits per heavy atom. The Morgan fingerprint density at radius 3 is 2.74 bits per heavy atom. The lowest BCUT2D eigenvalue weighted by Gasteiger charge is -2.18. The van der Waals surface area contributed by atoms with Crippen LogP contribution < -0.4 is 10.2 Å². The van der Waals surface area contributed by atoms with Gasteiger partial charge in [0, 0.05) is 32.1 Å². The molecule has 0 atom stereocenters. The Kier molecular flexibility index (Phi) is 5.70. The number of carbonyl (C=O) groups is 1. The van der Waals surface area contributed by atoms with Gasteiger partial charge in [-0.3, -0.25) is 9.78 Å². The van der Waals surface area contributed by atoms with Gasteiger partial charge in [0.1, 0.15) is 23.9 Å². The molecule has 1 N–H and O–H groups in total. The Balaban J connectivity index is 1.69. The molecule has 27 heavy (non-hydrogen) atoms. The second kappa shape index (κ2) is 8.54. The molecule has 1 amide bonds. The third-order valence-electron chi connectivity index (χ3n) is 4.06. The molecule has 2 aromatic heterocycles. The number of nitriles is 1. The first kappa shape index (κ1) is 18.0. The van der Waals surface area contributed by atoms with Crippen LogP contribution in [0, 0.1) is 11.3 Å². The molecule has 134 valence electrons. The largest absolute Gasteiger partial charge is 0.359 e. The quantitative estimate of drug-likeness (QED) is 0.728. The van der Waals surface area contributed by atoms with Gasteiger partial charge < -0.3 is 10.2 Å². The van der Waals surface area contributed by atoms with Crippen molar-refractivity contribution in [2.75, 3.05) is 23.8 Å². The van der Waals surface area contributed by atoms with Crippen molar-refractivity contribution in [2.45, 2.75) is 6.42 Å². The van der Waals surface area contributed by atoms with Gasteiger partial charge in [-0.2, -0.15) is 5.26 Å². The van der Waals surface area contributed by atoms with Crippen LogP contribution in [0.3, 0.4) is 0 Å². The zero-order valence-corrected chi connectivity index (χ0v) is 14.8. The highest BCUT2D eigenvalue weighted by atomic mass is 16.1. The van der Waals surface area contributed by atoms with Crippen LogP contribution >= 0.6 is 0 Å². The molecule has 0 unspecified atom stereocenters. The number of amides is 1. The molecule has 0 saturated heterocycles. The number of benzene rings is 1. The number of para-hydroxylation sites is 1. The van der Waals surface area contributed by atoms with Crippen molar-refractivity contribution in [1.29, 1.82) is 5.26 Å². The molecule has 2 heterocycles. The van der Waals surface area contributed by atoms with Gasteiger partial charge in [0.2, 0.25) is 0 Å². The highest BCUT2D eigenvalue weighted by Crippen LogP contribution is 2.16. The monoisotopic (exact) mass is 358 g/mol. The summed E-state index contributed by atoms with van der Waals surface area (Å²) >= 11 is 0. The summed E-state index contributed by atoms with van der Waals surface area (Å²) in [7, 11) is 1.91. The minimum atomic E-state index is -0.385. The minimum absolute atomic E-state index is 0.239.